The number of hydrogen-bond donors (Lipinski definition) is 3. The molecule has 5 N–H and O–H groups in total. The van der Waals surface area contributed by atoms with Gasteiger partial charge in [0, 0.05) is 22.9 Å². The number of anilines is 2. The standard InChI is InChI=1S/C17H19N3O/c18-13-6-8-16-12(9-13)10-21-17(19,20-16)15-7-5-11-3-1-2-4-14(11)15/h1-4,6,8-9,15,20H,5,7,10,18-19H2. The van der Waals surface area contributed by atoms with E-state index in [1.165, 1.54) is 11.1 Å². The SMILES string of the molecule is Nc1ccc2c(c1)COC(N)(C1CCc3ccccc31)N2. The van der Waals surface area contributed by atoms with Crippen LogP contribution in [-0.4, -0.2) is 5.85 Å². The number of nitrogens with two attached hydrogens (primary N) is 2. The first-order valence-corrected chi connectivity index (χ1v) is 7.33. The quantitative estimate of drug-likeness (QED) is 0.702. The van der Waals surface area contributed by atoms with Gasteiger partial charge in [-0.15, -0.1) is 0 Å². The Labute approximate surface area is 124 Å². The molecule has 2 unspecified atom stereocenters. The molecular formula is C17H19N3O. The van der Waals surface area contributed by atoms with Crippen molar-refractivity contribution >= 4 is 11.4 Å². The van der Waals surface area contributed by atoms with E-state index in [1.54, 1.807) is 0 Å². The molecule has 0 saturated heterocycles. The Hall–Kier alpha value is -2.04. The van der Waals surface area contributed by atoms with E-state index in [4.69, 9.17) is 16.2 Å². The van der Waals surface area contributed by atoms with Crippen molar-refractivity contribution in [1.29, 1.82) is 0 Å². The van der Waals surface area contributed by atoms with Gasteiger partial charge in [-0.25, -0.2) is 0 Å². The van der Waals surface area contributed by atoms with E-state index >= 15 is 0 Å². The highest BCUT2D eigenvalue weighted by Gasteiger charge is 2.43. The molecule has 2 aromatic carbocycles. The second-order valence-electron chi connectivity index (χ2n) is 5.91. The summed E-state index contributed by atoms with van der Waals surface area (Å²) in [6.07, 6.45) is 2.06. The molecule has 0 aromatic heterocycles. The van der Waals surface area contributed by atoms with E-state index in [2.05, 4.69) is 29.6 Å². The van der Waals surface area contributed by atoms with Crippen molar-refractivity contribution in [2.45, 2.75) is 31.2 Å². The van der Waals surface area contributed by atoms with Gasteiger partial charge in [0.1, 0.15) is 0 Å². The lowest BCUT2D eigenvalue weighted by atomic mass is 9.94. The van der Waals surface area contributed by atoms with E-state index in [9.17, 15) is 0 Å². The van der Waals surface area contributed by atoms with Crippen molar-refractivity contribution < 1.29 is 4.74 Å². The molecule has 2 aromatic rings. The van der Waals surface area contributed by atoms with Crippen molar-refractivity contribution in [1.82, 2.24) is 0 Å². The minimum absolute atomic E-state index is 0.166. The van der Waals surface area contributed by atoms with Crippen LogP contribution in [0.5, 0.6) is 0 Å². The number of aryl methyl sites for hydroxylation is 1. The Morgan fingerprint density at radius 3 is 2.90 bits per heavy atom. The minimum Gasteiger partial charge on any atom is -0.399 e. The van der Waals surface area contributed by atoms with Gasteiger partial charge in [-0.1, -0.05) is 24.3 Å². The molecule has 2 atom stereocenters. The van der Waals surface area contributed by atoms with Crippen molar-refractivity contribution in [3.8, 4) is 0 Å². The molecule has 21 heavy (non-hydrogen) atoms. The summed E-state index contributed by atoms with van der Waals surface area (Å²) >= 11 is 0. The summed E-state index contributed by atoms with van der Waals surface area (Å²) in [5.41, 5.74) is 17.9. The molecule has 0 spiro atoms. The molecule has 4 rings (SSSR count). The van der Waals surface area contributed by atoms with Crippen LogP contribution in [0.4, 0.5) is 11.4 Å². The van der Waals surface area contributed by atoms with E-state index in [-0.39, 0.29) is 5.92 Å². The largest absolute Gasteiger partial charge is 0.399 e. The molecule has 4 heteroatoms. The van der Waals surface area contributed by atoms with Crippen LogP contribution >= 0.6 is 0 Å². The molecule has 108 valence electrons. The number of nitrogens with one attached hydrogen (secondary N) is 1. The second kappa shape index (κ2) is 4.48. The molecule has 0 fully saturated rings. The van der Waals surface area contributed by atoms with Crippen molar-refractivity contribution in [3.63, 3.8) is 0 Å². The lowest BCUT2D eigenvalue weighted by Gasteiger charge is -2.41. The number of hydrogen-bond acceptors (Lipinski definition) is 4. The second-order valence-corrected chi connectivity index (χ2v) is 5.91. The Morgan fingerprint density at radius 1 is 1.14 bits per heavy atom. The van der Waals surface area contributed by atoms with Crippen LogP contribution in [0.1, 0.15) is 29.0 Å². The zero-order chi connectivity index (χ0) is 14.4. The van der Waals surface area contributed by atoms with Crippen molar-refractivity contribution in [2.75, 3.05) is 11.1 Å². The molecule has 0 saturated carbocycles. The minimum atomic E-state index is -0.851. The fourth-order valence-corrected chi connectivity index (χ4v) is 3.49. The average molecular weight is 281 g/mol. The topological polar surface area (TPSA) is 73.3 Å². The molecule has 0 radical (unpaired) electrons. The summed E-state index contributed by atoms with van der Waals surface area (Å²) < 4.78 is 6.00. The molecule has 1 heterocycles. The Bertz CT molecular complexity index is 700. The third kappa shape index (κ3) is 1.99. The summed E-state index contributed by atoms with van der Waals surface area (Å²) in [7, 11) is 0. The summed E-state index contributed by atoms with van der Waals surface area (Å²) in [6.45, 7) is 0.489. The number of nitrogen functional groups attached to an aromatic ring is 1. The lowest BCUT2D eigenvalue weighted by Crippen LogP contribution is -2.56. The van der Waals surface area contributed by atoms with Gasteiger partial charge in [-0.2, -0.15) is 0 Å². The number of fused-ring (bicyclic) bond motifs is 2. The van der Waals surface area contributed by atoms with Crippen LogP contribution < -0.4 is 16.8 Å². The highest BCUT2D eigenvalue weighted by Crippen LogP contribution is 2.43. The van der Waals surface area contributed by atoms with Crippen LogP contribution in [0.25, 0.3) is 0 Å². The summed E-state index contributed by atoms with van der Waals surface area (Å²) in [5.74, 6) is -0.685. The summed E-state index contributed by atoms with van der Waals surface area (Å²) in [6, 6.07) is 14.3. The van der Waals surface area contributed by atoms with Gasteiger partial charge in [0.05, 0.1) is 6.61 Å². The van der Waals surface area contributed by atoms with Crippen LogP contribution in [0, 0.1) is 0 Å². The number of benzene rings is 2. The van der Waals surface area contributed by atoms with Gasteiger partial charge in [0.25, 0.3) is 0 Å². The lowest BCUT2D eigenvalue weighted by molar-refractivity contribution is -0.0575. The maximum absolute atomic E-state index is 6.57. The Morgan fingerprint density at radius 2 is 2.00 bits per heavy atom. The predicted octanol–water partition coefficient (Wildman–Crippen LogP) is 2.55. The van der Waals surface area contributed by atoms with Crippen LogP contribution in [0.3, 0.4) is 0 Å². The number of rotatable bonds is 1. The van der Waals surface area contributed by atoms with Gasteiger partial charge >= 0.3 is 0 Å². The summed E-state index contributed by atoms with van der Waals surface area (Å²) in [5, 5.41) is 3.38. The molecule has 1 aliphatic carbocycles. The molecule has 2 aliphatic rings. The zero-order valence-corrected chi connectivity index (χ0v) is 11.8. The predicted molar refractivity (Wildman–Crippen MR) is 83.7 cm³/mol. The van der Waals surface area contributed by atoms with Crippen molar-refractivity contribution in [3.05, 3.63) is 59.2 Å². The van der Waals surface area contributed by atoms with Gasteiger partial charge in [-0.3, -0.25) is 5.73 Å². The van der Waals surface area contributed by atoms with Crippen LogP contribution in [-0.2, 0) is 17.8 Å². The normalized spacial score (nSPS) is 26.8. The van der Waals surface area contributed by atoms with E-state index < -0.39 is 5.85 Å². The van der Waals surface area contributed by atoms with E-state index in [0.717, 1.165) is 29.8 Å². The Balaban J connectivity index is 1.69. The maximum atomic E-state index is 6.57. The highest BCUT2D eigenvalue weighted by molar-refractivity contribution is 5.60. The molecule has 1 aliphatic heterocycles. The van der Waals surface area contributed by atoms with Crippen LogP contribution in [0.15, 0.2) is 42.5 Å². The zero-order valence-electron chi connectivity index (χ0n) is 11.8. The van der Waals surface area contributed by atoms with E-state index in [0.29, 0.717) is 6.61 Å². The van der Waals surface area contributed by atoms with Gasteiger partial charge in [-0.05, 0) is 42.2 Å². The monoisotopic (exact) mass is 281 g/mol. The highest BCUT2D eigenvalue weighted by atomic mass is 16.5. The van der Waals surface area contributed by atoms with Crippen LogP contribution in [0.2, 0.25) is 0 Å². The molecular weight excluding hydrogens is 262 g/mol. The first-order chi connectivity index (χ1) is 10.2. The smallest absolute Gasteiger partial charge is 0.200 e. The summed E-state index contributed by atoms with van der Waals surface area (Å²) in [4.78, 5) is 0. The molecule has 4 nitrogen and oxygen atoms in total. The third-order valence-electron chi connectivity index (χ3n) is 4.58. The fraction of sp³-hybridized carbons (Fsp3) is 0.294. The molecule has 0 bridgehead atoms. The fourth-order valence-electron chi connectivity index (χ4n) is 3.49. The van der Waals surface area contributed by atoms with Crippen molar-refractivity contribution in [2.24, 2.45) is 5.73 Å². The molecule has 0 amide bonds. The van der Waals surface area contributed by atoms with E-state index in [1.807, 2.05) is 18.2 Å². The Kier molecular flexibility index (Phi) is 2.71. The maximum Gasteiger partial charge on any atom is 0.200 e. The first-order valence-electron chi connectivity index (χ1n) is 7.33. The van der Waals surface area contributed by atoms with Gasteiger partial charge in [0.15, 0.2) is 5.85 Å². The van der Waals surface area contributed by atoms with Gasteiger partial charge < -0.3 is 15.8 Å². The average Bonchev–Trinajstić information content (AvgIpc) is 2.92. The van der Waals surface area contributed by atoms with Gasteiger partial charge in [0.2, 0.25) is 0 Å². The third-order valence-corrected chi connectivity index (χ3v) is 4.58. The number of ether oxygens (including phenoxy) is 1. The first kappa shape index (κ1) is 12.7.